The van der Waals surface area contributed by atoms with Gasteiger partial charge < -0.3 is 20.5 Å². The molecule has 24 heavy (non-hydrogen) atoms. The lowest BCUT2D eigenvalue weighted by Crippen LogP contribution is -2.15. The van der Waals surface area contributed by atoms with Gasteiger partial charge in [-0.2, -0.15) is 4.68 Å². The molecule has 2 aromatic rings. The molecule has 1 aromatic heterocycles. The number of non-ortho nitro benzene ring substituents is 1. The minimum absolute atomic E-state index is 0.0359. The molecule has 2 N–H and O–H groups in total. The Morgan fingerprint density at radius 2 is 2.00 bits per heavy atom. The number of aromatic hydroxyl groups is 1. The van der Waals surface area contributed by atoms with Crippen molar-refractivity contribution in [1.29, 1.82) is 0 Å². The lowest BCUT2D eigenvalue weighted by atomic mass is 10.2. The molecule has 0 atom stereocenters. The molecule has 1 aromatic carbocycles. The Labute approximate surface area is 134 Å². The van der Waals surface area contributed by atoms with Crippen molar-refractivity contribution in [3.05, 3.63) is 50.2 Å². The standard InChI is InChI=1S/C13H13N5O6/c1-8-6-12(18(23)24)15-16(8)5-4-13(20)14-10-3-2-9(17(21)22)7-11(10)19/h2-3,6-7,19H,4-5H2,1H3,(H,14,20). The van der Waals surface area contributed by atoms with Gasteiger partial charge in [0.15, 0.2) is 0 Å². The van der Waals surface area contributed by atoms with Crippen molar-refractivity contribution in [3.63, 3.8) is 0 Å². The first-order chi connectivity index (χ1) is 11.3. The Bertz CT molecular complexity index is 815. The first-order valence-corrected chi connectivity index (χ1v) is 6.74. The van der Waals surface area contributed by atoms with Gasteiger partial charge in [-0.25, -0.2) is 0 Å². The van der Waals surface area contributed by atoms with Crippen molar-refractivity contribution in [2.75, 3.05) is 5.32 Å². The van der Waals surface area contributed by atoms with Crippen molar-refractivity contribution in [1.82, 2.24) is 9.78 Å². The van der Waals surface area contributed by atoms with Gasteiger partial charge in [0.1, 0.15) is 5.75 Å². The highest BCUT2D eigenvalue weighted by atomic mass is 16.6. The van der Waals surface area contributed by atoms with Crippen molar-refractivity contribution in [2.24, 2.45) is 0 Å². The number of nitro benzene ring substituents is 1. The SMILES string of the molecule is Cc1cc([N+](=O)[O-])nn1CCC(=O)Nc1ccc([N+](=O)[O-])cc1O. The molecule has 0 aliphatic heterocycles. The van der Waals surface area contributed by atoms with Gasteiger partial charge in [-0.05, 0) is 17.9 Å². The summed E-state index contributed by atoms with van der Waals surface area (Å²) in [5.41, 5.74) is 0.270. The second-order valence-corrected chi connectivity index (χ2v) is 4.88. The molecule has 1 heterocycles. The number of anilines is 1. The number of hydrogen-bond donors (Lipinski definition) is 2. The van der Waals surface area contributed by atoms with E-state index in [0.29, 0.717) is 5.69 Å². The summed E-state index contributed by atoms with van der Waals surface area (Å²) in [4.78, 5) is 31.8. The van der Waals surface area contributed by atoms with Gasteiger partial charge in [0.25, 0.3) is 5.69 Å². The number of nitrogens with zero attached hydrogens (tertiary/aromatic N) is 4. The Morgan fingerprint density at radius 3 is 2.54 bits per heavy atom. The number of rotatable bonds is 6. The molecule has 0 spiro atoms. The number of hydrogen-bond acceptors (Lipinski definition) is 7. The van der Waals surface area contributed by atoms with Crippen LogP contribution in [0.25, 0.3) is 0 Å². The molecule has 0 aliphatic carbocycles. The lowest BCUT2D eigenvalue weighted by molar-refractivity contribution is -0.389. The molecule has 0 radical (unpaired) electrons. The zero-order chi connectivity index (χ0) is 17.9. The summed E-state index contributed by atoms with van der Waals surface area (Å²) in [6, 6.07) is 4.59. The largest absolute Gasteiger partial charge is 0.506 e. The molecule has 0 saturated carbocycles. The van der Waals surface area contributed by atoms with Crippen LogP contribution in [0.2, 0.25) is 0 Å². The molecule has 2 rings (SSSR count). The first kappa shape index (κ1) is 16.9. The quantitative estimate of drug-likeness (QED) is 0.463. The monoisotopic (exact) mass is 335 g/mol. The fourth-order valence-corrected chi connectivity index (χ4v) is 1.97. The number of phenols is 1. The highest BCUT2D eigenvalue weighted by Crippen LogP contribution is 2.27. The van der Waals surface area contributed by atoms with Gasteiger partial charge in [0, 0.05) is 12.5 Å². The summed E-state index contributed by atoms with van der Waals surface area (Å²) in [5.74, 6) is -1.21. The van der Waals surface area contributed by atoms with E-state index < -0.39 is 21.5 Å². The number of aryl methyl sites for hydroxylation is 2. The number of nitrogens with one attached hydrogen (secondary N) is 1. The molecule has 0 bridgehead atoms. The van der Waals surface area contributed by atoms with Crippen LogP contribution in [0, 0.1) is 27.2 Å². The van der Waals surface area contributed by atoms with Crippen LogP contribution < -0.4 is 5.32 Å². The number of aromatic nitrogens is 2. The zero-order valence-electron chi connectivity index (χ0n) is 12.5. The Kier molecular flexibility index (Phi) is 4.73. The number of phenolic OH excluding ortho intramolecular Hbond substituents is 1. The molecule has 0 unspecified atom stereocenters. The molecule has 11 nitrogen and oxygen atoms in total. The van der Waals surface area contributed by atoms with Crippen LogP contribution in [0.5, 0.6) is 5.75 Å². The van der Waals surface area contributed by atoms with Gasteiger partial charge >= 0.3 is 5.82 Å². The average molecular weight is 335 g/mol. The molecule has 11 heteroatoms. The fourth-order valence-electron chi connectivity index (χ4n) is 1.97. The normalized spacial score (nSPS) is 10.4. The topological polar surface area (TPSA) is 153 Å². The van der Waals surface area contributed by atoms with Gasteiger partial charge in [0.2, 0.25) is 5.91 Å². The maximum Gasteiger partial charge on any atom is 0.390 e. The van der Waals surface area contributed by atoms with E-state index in [4.69, 9.17) is 0 Å². The Balaban J connectivity index is 1.99. The van der Waals surface area contributed by atoms with Crippen molar-refractivity contribution < 1.29 is 19.7 Å². The molecular formula is C13H13N5O6. The highest BCUT2D eigenvalue weighted by Gasteiger charge is 2.17. The van der Waals surface area contributed by atoms with Gasteiger partial charge in [-0.1, -0.05) is 0 Å². The summed E-state index contributed by atoms with van der Waals surface area (Å²) in [6.07, 6.45) is -0.0455. The third-order valence-corrected chi connectivity index (χ3v) is 3.17. The predicted molar refractivity (Wildman–Crippen MR) is 81.6 cm³/mol. The van der Waals surface area contributed by atoms with Gasteiger partial charge in [-0.3, -0.25) is 14.9 Å². The summed E-state index contributed by atoms with van der Waals surface area (Å²) >= 11 is 0. The van der Waals surface area contributed by atoms with E-state index in [0.717, 1.165) is 12.1 Å². The summed E-state index contributed by atoms with van der Waals surface area (Å²) in [5, 5.41) is 37.0. The number of nitro groups is 2. The van der Waals surface area contributed by atoms with E-state index in [-0.39, 0.29) is 30.2 Å². The van der Waals surface area contributed by atoms with Crippen molar-refractivity contribution >= 4 is 23.1 Å². The van der Waals surface area contributed by atoms with Gasteiger partial charge in [-0.15, -0.1) is 0 Å². The van der Waals surface area contributed by atoms with E-state index in [1.807, 2.05) is 0 Å². The van der Waals surface area contributed by atoms with Gasteiger partial charge in [0.05, 0.1) is 40.1 Å². The summed E-state index contributed by atoms with van der Waals surface area (Å²) in [6.45, 7) is 1.74. The fraction of sp³-hybridized carbons (Fsp3) is 0.231. The molecule has 0 aliphatic rings. The minimum atomic E-state index is -0.668. The third-order valence-electron chi connectivity index (χ3n) is 3.17. The smallest absolute Gasteiger partial charge is 0.390 e. The lowest BCUT2D eigenvalue weighted by Gasteiger charge is -2.07. The van der Waals surface area contributed by atoms with E-state index in [1.54, 1.807) is 6.92 Å². The van der Waals surface area contributed by atoms with E-state index >= 15 is 0 Å². The van der Waals surface area contributed by atoms with Crippen LogP contribution in [-0.2, 0) is 11.3 Å². The average Bonchev–Trinajstić information content (AvgIpc) is 2.88. The number of amides is 1. The molecule has 126 valence electrons. The number of carbonyl (C=O) groups excluding carboxylic acids is 1. The van der Waals surface area contributed by atoms with E-state index in [2.05, 4.69) is 10.4 Å². The first-order valence-electron chi connectivity index (χ1n) is 6.74. The maximum absolute atomic E-state index is 11.9. The Morgan fingerprint density at radius 1 is 1.29 bits per heavy atom. The summed E-state index contributed by atoms with van der Waals surface area (Å²) < 4.78 is 1.33. The third kappa shape index (κ3) is 3.82. The van der Waals surface area contributed by atoms with E-state index in [9.17, 15) is 30.1 Å². The van der Waals surface area contributed by atoms with Crippen LogP contribution in [0.1, 0.15) is 12.1 Å². The van der Waals surface area contributed by atoms with E-state index in [1.165, 1.54) is 16.8 Å². The Hall–Kier alpha value is -3.50. The molecule has 0 saturated heterocycles. The van der Waals surface area contributed by atoms with Crippen molar-refractivity contribution in [2.45, 2.75) is 19.9 Å². The maximum atomic E-state index is 11.9. The molecule has 0 fully saturated rings. The highest BCUT2D eigenvalue weighted by molar-refractivity contribution is 5.92. The minimum Gasteiger partial charge on any atom is -0.506 e. The number of benzene rings is 1. The second-order valence-electron chi connectivity index (χ2n) is 4.88. The van der Waals surface area contributed by atoms with Crippen LogP contribution in [0.15, 0.2) is 24.3 Å². The second kappa shape index (κ2) is 6.73. The predicted octanol–water partition coefficient (Wildman–Crippen LogP) is 1.74. The van der Waals surface area contributed by atoms with Crippen LogP contribution in [-0.4, -0.2) is 30.6 Å². The van der Waals surface area contributed by atoms with Crippen LogP contribution in [0.3, 0.4) is 0 Å². The molecule has 1 amide bonds. The van der Waals surface area contributed by atoms with Crippen LogP contribution >= 0.6 is 0 Å². The van der Waals surface area contributed by atoms with Crippen molar-refractivity contribution in [3.8, 4) is 5.75 Å². The number of carbonyl (C=O) groups is 1. The molecular weight excluding hydrogens is 322 g/mol. The summed E-state index contributed by atoms with van der Waals surface area (Å²) in [7, 11) is 0. The van der Waals surface area contributed by atoms with Crippen LogP contribution in [0.4, 0.5) is 17.2 Å². The zero-order valence-corrected chi connectivity index (χ0v) is 12.5.